The lowest BCUT2D eigenvalue weighted by Gasteiger charge is -2.52. The first kappa shape index (κ1) is 19.9. The molecule has 3 aliphatic rings. The molecular formula is C23H33NO3. The number of rotatable bonds is 4. The Morgan fingerprint density at radius 1 is 1.33 bits per heavy atom. The predicted molar refractivity (Wildman–Crippen MR) is 108 cm³/mol. The summed E-state index contributed by atoms with van der Waals surface area (Å²) in [5.41, 5.74) is 1.25. The molecule has 3 rings (SSSR count). The molecular weight excluding hydrogens is 338 g/mol. The lowest BCUT2D eigenvalue weighted by molar-refractivity contribution is -0.119. The third-order valence-corrected chi connectivity index (χ3v) is 6.99. The summed E-state index contributed by atoms with van der Waals surface area (Å²) in [4.78, 5) is 12.9. The average molecular weight is 372 g/mol. The smallest absolute Gasteiger partial charge is 0.251 e. The summed E-state index contributed by atoms with van der Waals surface area (Å²) < 4.78 is 0. The summed E-state index contributed by atoms with van der Waals surface area (Å²) in [5.74, 6) is 1.25. The highest BCUT2D eigenvalue weighted by Crippen LogP contribution is 2.58. The third-order valence-electron chi connectivity index (χ3n) is 6.99. The molecule has 0 aromatic rings. The van der Waals surface area contributed by atoms with Crippen LogP contribution in [0.2, 0.25) is 0 Å². The number of carbonyl (C=O) groups is 1. The molecule has 0 spiro atoms. The maximum Gasteiger partial charge on any atom is 0.251 e. The van der Waals surface area contributed by atoms with Crippen molar-refractivity contribution in [2.24, 2.45) is 29.1 Å². The van der Waals surface area contributed by atoms with Gasteiger partial charge < -0.3 is 15.5 Å². The maximum absolute atomic E-state index is 12.9. The zero-order chi connectivity index (χ0) is 19.8. The molecule has 4 nitrogen and oxygen atoms in total. The van der Waals surface area contributed by atoms with Gasteiger partial charge in [-0.1, -0.05) is 56.2 Å². The van der Waals surface area contributed by atoms with E-state index in [1.165, 1.54) is 5.57 Å². The first-order valence-electron chi connectivity index (χ1n) is 10.2. The van der Waals surface area contributed by atoms with Crippen molar-refractivity contribution in [2.75, 3.05) is 6.61 Å². The van der Waals surface area contributed by atoms with Crippen molar-refractivity contribution in [2.45, 2.75) is 53.0 Å². The van der Waals surface area contributed by atoms with Crippen LogP contribution in [0.5, 0.6) is 0 Å². The minimum Gasteiger partial charge on any atom is -0.510 e. The fourth-order valence-electron chi connectivity index (χ4n) is 5.72. The summed E-state index contributed by atoms with van der Waals surface area (Å²) in [5, 5.41) is 23.2. The number of fused-ring (bicyclic) bond motifs is 1. The number of amides is 1. The predicted octanol–water partition coefficient (Wildman–Crippen LogP) is 4.06. The van der Waals surface area contributed by atoms with Crippen LogP contribution in [0.1, 0.15) is 47.0 Å². The summed E-state index contributed by atoms with van der Waals surface area (Å²) in [6.07, 6.45) is 13.9. The fraction of sp³-hybridized carbons (Fsp3) is 0.609. The van der Waals surface area contributed by atoms with Gasteiger partial charge in [-0.3, -0.25) is 4.79 Å². The standard InChI is InChI=1S/C23H33NO3/c1-5-6-7-8-17-15(3)12-16-11-14(2)9-10-18(16)23(17,4)20-21(26)19(13-25)24-22(20)27/h5-8,12,14,16-19,25-26H,9-11,13H2,1-4H3,(H,24,27)/b6-5+,8-7+/t14-,16-,17+,18+,19?,23+/m0/s1. The van der Waals surface area contributed by atoms with Crippen molar-refractivity contribution in [1.29, 1.82) is 0 Å². The number of hydrogen-bond acceptors (Lipinski definition) is 3. The topological polar surface area (TPSA) is 69.6 Å². The Hall–Kier alpha value is -1.81. The van der Waals surface area contributed by atoms with E-state index in [4.69, 9.17) is 0 Å². The molecule has 1 saturated carbocycles. The average Bonchev–Trinajstić information content (AvgIpc) is 2.91. The van der Waals surface area contributed by atoms with Gasteiger partial charge in [0.15, 0.2) is 0 Å². The van der Waals surface area contributed by atoms with Gasteiger partial charge in [0.25, 0.3) is 5.91 Å². The lowest BCUT2D eigenvalue weighted by Crippen LogP contribution is -2.47. The molecule has 1 amide bonds. The lowest BCUT2D eigenvalue weighted by atomic mass is 9.51. The molecule has 0 saturated heterocycles. The van der Waals surface area contributed by atoms with Gasteiger partial charge in [-0.25, -0.2) is 0 Å². The Morgan fingerprint density at radius 3 is 2.70 bits per heavy atom. The zero-order valence-electron chi connectivity index (χ0n) is 16.9. The minimum atomic E-state index is -0.684. The molecule has 148 valence electrons. The normalized spacial score (nSPS) is 39.8. The Bertz CT molecular complexity index is 717. The van der Waals surface area contributed by atoms with E-state index in [1.807, 2.05) is 25.2 Å². The second kappa shape index (κ2) is 7.67. The number of hydrogen-bond donors (Lipinski definition) is 3. The van der Waals surface area contributed by atoms with Crippen LogP contribution < -0.4 is 5.32 Å². The van der Waals surface area contributed by atoms with Gasteiger partial charge in [-0.2, -0.15) is 0 Å². The third kappa shape index (κ3) is 3.29. The van der Waals surface area contributed by atoms with Crippen molar-refractivity contribution in [3.05, 3.63) is 47.3 Å². The van der Waals surface area contributed by atoms with Crippen LogP contribution in [0.4, 0.5) is 0 Å². The van der Waals surface area contributed by atoms with Gasteiger partial charge in [-0.05, 0) is 44.4 Å². The molecule has 3 N–H and O–H groups in total. The summed E-state index contributed by atoms with van der Waals surface area (Å²) in [6.45, 7) is 8.29. The van der Waals surface area contributed by atoms with Gasteiger partial charge in [0, 0.05) is 11.3 Å². The van der Waals surface area contributed by atoms with E-state index < -0.39 is 11.5 Å². The molecule has 1 fully saturated rings. The second-order valence-corrected chi connectivity index (χ2v) is 8.74. The molecule has 6 atom stereocenters. The molecule has 27 heavy (non-hydrogen) atoms. The van der Waals surface area contributed by atoms with Crippen molar-refractivity contribution >= 4 is 5.91 Å². The van der Waals surface area contributed by atoms with Crippen molar-refractivity contribution in [1.82, 2.24) is 5.32 Å². The van der Waals surface area contributed by atoms with E-state index in [0.717, 1.165) is 19.3 Å². The van der Waals surface area contributed by atoms with Crippen molar-refractivity contribution < 1.29 is 15.0 Å². The molecule has 0 aromatic heterocycles. The summed E-state index contributed by atoms with van der Waals surface area (Å²) >= 11 is 0. The van der Waals surface area contributed by atoms with Crippen molar-refractivity contribution in [3.8, 4) is 0 Å². The maximum atomic E-state index is 12.9. The van der Waals surface area contributed by atoms with E-state index in [-0.39, 0.29) is 24.2 Å². The Labute approximate surface area is 162 Å². The number of carbonyl (C=O) groups excluding carboxylic acids is 1. The van der Waals surface area contributed by atoms with Gasteiger partial charge in [-0.15, -0.1) is 0 Å². The Kier molecular flexibility index (Phi) is 5.66. The molecule has 1 heterocycles. The number of allylic oxidation sites excluding steroid dienone is 6. The zero-order valence-corrected chi connectivity index (χ0v) is 16.9. The van der Waals surface area contributed by atoms with E-state index in [0.29, 0.717) is 23.3 Å². The SMILES string of the molecule is C/C=C/C=C/[C@@H]1C(C)=C[C@@H]2C[C@@H](C)CC[C@H]2[C@]1(C)C1=C(O)C(CO)NC1=O. The fourth-order valence-corrected chi connectivity index (χ4v) is 5.72. The number of nitrogens with one attached hydrogen (secondary N) is 1. The number of aliphatic hydroxyl groups excluding tert-OH is 2. The van der Waals surface area contributed by atoms with Crippen LogP contribution in [0, 0.1) is 29.1 Å². The van der Waals surface area contributed by atoms with Gasteiger partial charge >= 0.3 is 0 Å². The molecule has 0 radical (unpaired) electrons. The molecule has 2 aliphatic carbocycles. The minimum absolute atomic E-state index is 0.0292. The van der Waals surface area contributed by atoms with E-state index in [9.17, 15) is 15.0 Å². The highest BCUT2D eigenvalue weighted by Gasteiger charge is 2.55. The van der Waals surface area contributed by atoms with Crippen LogP contribution in [0.3, 0.4) is 0 Å². The second-order valence-electron chi connectivity index (χ2n) is 8.74. The number of aliphatic hydroxyl groups is 2. The molecule has 0 bridgehead atoms. The van der Waals surface area contributed by atoms with E-state index in [1.54, 1.807) is 0 Å². The van der Waals surface area contributed by atoms with Gasteiger partial charge in [0.2, 0.25) is 0 Å². The van der Waals surface area contributed by atoms with Crippen LogP contribution in [-0.4, -0.2) is 28.8 Å². The molecule has 1 unspecified atom stereocenters. The van der Waals surface area contributed by atoms with Gasteiger partial charge in [0.05, 0.1) is 12.2 Å². The van der Waals surface area contributed by atoms with E-state index in [2.05, 4.69) is 38.2 Å². The molecule has 1 aliphatic heterocycles. The first-order chi connectivity index (χ1) is 12.8. The Balaban J connectivity index is 2.15. The first-order valence-corrected chi connectivity index (χ1v) is 10.2. The molecule has 4 heteroatoms. The summed E-state index contributed by atoms with van der Waals surface area (Å²) in [6, 6.07) is -0.684. The monoisotopic (exact) mass is 371 g/mol. The Morgan fingerprint density at radius 2 is 2.07 bits per heavy atom. The molecule has 0 aromatic carbocycles. The van der Waals surface area contributed by atoms with E-state index >= 15 is 0 Å². The highest BCUT2D eigenvalue weighted by molar-refractivity contribution is 5.98. The quantitative estimate of drug-likeness (QED) is 0.516. The summed E-state index contributed by atoms with van der Waals surface area (Å²) in [7, 11) is 0. The van der Waals surface area contributed by atoms with Gasteiger partial charge in [0.1, 0.15) is 11.8 Å². The van der Waals surface area contributed by atoms with Crippen LogP contribution in [0.15, 0.2) is 47.3 Å². The van der Waals surface area contributed by atoms with Crippen molar-refractivity contribution in [3.63, 3.8) is 0 Å². The largest absolute Gasteiger partial charge is 0.510 e. The van der Waals surface area contributed by atoms with Crippen LogP contribution in [0.25, 0.3) is 0 Å². The van der Waals surface area contributed by atoms with Crippen LogP contribution >= 0.6 is 0 Å². The highest BCUT2D eigenvalue weighted by atomic mass is 16.3. The van der Waals surface area contributed by atoms with Crippen LogP contribution in [-0.2, 0) is 4.79 Å².